The number of pyridine rings is 1. The van der Waals surface area contributed by atoms with Gasteiger partial charge in [0.1, 0.15) is 11.5 Å². The van der Waals surface area contributed by atoms with E-state index in [1.54, 1.807) is 6.07 Å². The summed E-state index contributed by atoms with van der Waals surface area (Å²) in [5.74, 6) is 0.621. The fraction of sp³-hybridized carbons (Fsp3) is 0.286. The molecule has 0 atom stereocenters. The van der Waals surface area contributed by atoms with E-state index in [1.165, 1.54) is 0 Å². The quantitative estimate of drug-likeness (QED) is 0.868. The number of aromatic nitrogens is 1. The van der Waals surface area contributed by atoms with E-state index in [-0.39, 0.29) is 5.91 Å². The van der Waals surface area contributed by atoms with Gasteiger partial charge in [-0.2, -0.15) is 0 Å². The summed E-state index contributed by atoms with van der Waals surface area (Å²) in [6.45, 7) is 4.72. The van der Waals surface area contributed by atoms with E-state index in [2.05, 4.69) is 10.3 Å². The predicted octanol–water partition coefficient (Wildman–Crippen LogP) is 2.20. The van der Waals surface area contributed by atoms with Crippen LogP contribution in [0.15, 0.2) is 30.3 Å². The number of anilines is 1. The van der Waals surface area contributed by atoms with Gasteiger partial charge in [0.05, 0.1) is 0 Å². The van der Waals surface area contributed by atoms with Crippen LogP contribution < -0.4 is 11.1 Å². The fourth-order valence-corrected chi connectivity index (χ4v) is 1.73. The lowest BCUT2D eigenvalue weighted by Crippen LogP contribution is -2.28. The summed E-state index contributed by atoms with van der Waals surface area (Å²) in [5.41, 5.74) is 6.23. The van der Waals surface area contributed by atoms with Crippen molar-refractivity contribution in [2.75, 3.05) is 12.3 Å². The second-order valence-corrected chi connectivity index (χ2v) is 4.72. The molecule has 0 saturated carbocycles. The predicted molar refractivity (Wildman–Crippen MR) is 73.3 cm³/mol. The van der Waals surface area contributed by atoms with E-state index < -0.39 is 0 Å². The number of hydrogen-bond donors (Lipinski definition) is 2. The Morgan fingerprint density at radius 1 is 1.39 bits per heavy atom. The molecule has 3 N–H and O–H groups in total. The molecule has 0 bridgehead atoms. The standard InChI is InChI=1S/C14H17N3O/c1-9(2)8-16-14(18)12-7-10-5-3-4-6-11(10)13(15)17-12/h3-7,9H,8H2,1-2H3,(H2,15,17)(H,16,18). The van der Waals surface area contributed by atoms with Crippen LogP contribution in [0.4, 0.5) is 5.82 Å². The number of amides is 1. The number of rotatable bonds is 3. The molecule has 2 aromatic rings. The second kappa shape index (κ2) is 5.04. The van der Waals surface area contributed by atoms with Gasteiger partial charge in [-0.3, -0.25) is 4.79 Å². The molecule has 94 valence electrons. The fourth-order valence-electron chi connectivity index (χ4n) is 1.73. The number of nitrogens with one attached hydrogen (secondary N) is 1. The van der Waals surface area contributed by atoms with E-state index >= 15 is 0 Å². The van der Waals surface area contributed by atoms with Crippen molar-refractivity contribution in [2.24, 2.45) is 5.92 Å². The molecule has 0 unspecified atom stereocenters. The molecule has 0 spiro atoms. The Bertz CT molecular complexity index is 578. The van der Waals surface area contributed by atoms with Crippen molar-refractivity contribution in [1.82, 2.24) is 10.3 Å². The maximum atomic E-state index is 11.9. The van der Waals surface area contributed by atoms with Crippen LogP contribution in [0, 0.1) is 5.92 Å². The summed E-state index contributed by atoms with van der Waals surface area (Å²) in [6.07, 6.45) is 0. The van der Waals surface area contributed by atoms with Gasteiger partial charge >= 0.3 is 0 Å². The van der Waals surface area contributed by atoms with Crippen LogP contribution in [-0.4, -0.2) is 17.4 Å². The summed E-state index contributed by atoms with van der Waals surface area (Å²) in [4.78, 5) is 16.1. The van der Waals surface area contributed by atoms with Gasteiger partial charge in [0.2, 0.25) is 0 Å². The minimum atomic E-state index is -0.179. The number of nitrogens with zero attached hydrogens (tertiary/aromatic N) is 1. The average molecular weight is 243 g/mol. The van der Waals surface area contributed by atoms with Crippen molar-refractivity contribution in [2.45, 2.75) is 13.8 Å². The van der Waals surface area contributed by atoms with Crippen LogP contribution in [0.1, 0.15) is 24.3 Å². The van der Waals surface area contributed by atoms with Gasteiger partial charge in [-0.25, -0.2) is 4.98 Å². The van der Waals surface area contributed by atoms with Gasteiger partial charge in [0.25, 0.3) is 5.91 Å². The number of carbonyl (C=O) groups is 1. The van der Waals surface area contributed by atoms with Crippen molar-refractivity contribution in [1.29, 1.82) is 0 Å². The Labute approximate surface area is 106 Å². The molecule has 2 rings (SSSR count). The molecular formula is C14H17N3O. The normalized spacial score (nSPS) is 10.8. The number of nitrogens with two attached hydrogens (primary N) is 1. The van der Waals surface area contributed by atoms with Crippen LogP contribution in [0.3, 0.4) is 0 Å². The van der Waals surface area contributed by atoms with E-state index in [1.807, 2.05) is 38.1 Å². The monoisotopic (exact) mass is 243 g/mol. The third-order valence-electron chi connectivity index (χ3n) is 2.67. The Hall–Kier alpha value is -2.10. The largest absolute Gasteiger partial charge is 0.383 e. The molecule has 0 aliphatic heterocycles. The van der Waals surface area contributed by atoms with Crippen molar-refractivity contribution >= 4 is 22.5 Å². The van der Waals surface area contributed by atoms with Crippen molar-refractivity contribution in [3.63, 3.8) is 0 Å². The average Bonchev–Trinajstić information content (AvgIpc) is 2.36. The zero-order valence-electron chi connectivity index (χ0n) is 10.6. The van der Waals surface area contributed by atoms with E-state index in [9.17, 15) is 4.79 Å². The molecule has 0 aliphatic rings. The Morgan fingerprint density at radius 3 is 2.83 bits per heavy atom. The molecule has 4 nitrogen and oxygen atoms in total. The first-order valence-corrected chi connectivity index (χ1v) is 6.01. The van der Waals surface area contributed by atoms with Gasteiger partial charge in [0.15, 0.2) is 0 Å². The molecule has 1 aromatic heterocycles. The van der Waals surface area contributed by atoms with Crippen molar-refractivity contribution in [3.05, 3.63) is 36.0 Å². The van der Waals surface area contributed by atoms with Crippen LogP contribution in [0.5, 0.6) is 0 Å². The van der Waals surface area contributed by atoms with Crippen molar-refractivity contribution < 1.29 is 4.79 Å². The molecule has 1 heterocycles. The minimum absolute atomic E-state index is 0.179. The summed E-state index contributed by atoms with van der Waals surface area (Å²) >= 11 is 0. The summed E-state index contributed by atoms with van der Waals surface area (Å²) in [7, 11) is 0. The van der Waals surface area contributed by atoms with Crippen LogP contribution >= 0.6 is 0 Å². The van der Waals surface area contributed by atoms with Gasteiger partial charge in [-0.15, -0.1) is 0 Å². The molecular weight excluding hydrogens is 226 g/mol. The van der Waals surface area contributed by atoms with Crippen LogP contribution in [0.25, 0.3) is 10.8 Å². The Morgan fingerprint density at radius 2 is 2.11 bits per heavy atom. The molecule has 0 aliphatic carbocycles. The highest BCUT2D eigenvalue weighted by molar-refractivity contribution is 5.99. The molecule has 4 heteroatoms. The maximum Gasteiger partial charge on any atom is 0.270 e. The molecule has 0 saturated heterocycles. The first-order valence-electron chi connectivity index (χ1n) is 6.01. The Balaban J connectivity index is 2.31. The number of benzene rings is 1. The second-order valence-electron chi connectivity index (χ2n) is 4.72. The third-order valence-corrected chi connectivity index (χ3v) is 2.67. The lowest BCUT2D eigenvalue weighted by molar-refractivity contribution is 0.0944. The molecule has 18 heavy (non-hydrogen) atoms. The number of nitrogen functional groups attached to an aromatic ring is 1. The lowest BCUT2D eigenvalue weighted by Gasteiger charge is -2.09. The first kappa shape index (κ1) is 12.4. The molecule has 0 radical (unpaired) electrons. The van der Waals surface area contributed by atoms with E-state index in [0.717, 1.165) is 10.8 Å². The van der Waals surface area contributed by atoms with E-state index in [0.29, 0.717) is 24.0 Å². The van der Waals surface area contributed by atoms with Gasteiger partial charge in [-0.05, 0) is 17.4 Å². The topological polar surface area (TPSA) is 68.0 Å². The number of hydrogen-bond acceptors (Lipinski definition) is 3. The highest BCUT2D eigenvalue weighted by Gasteiger charge is 2.10. The van der Waals surface area contributed by atoms with Crippen molar-refractivity contribution in [3.8, 4) is 0 Å². The highest BCUT2D eigenvalue weighted by atomic mass is 16.1. The van der Waals surface area contributed by atoms with Gasteiger partial charge in [-0.1, -0.05) is 38.1 Å². The number of fused-ring (bicyclic) bond motifs is 1. The Kier molecular flexibility index (Phi) is 3.46. The number of carbonyl (C=O) groups excluding carboxylic acids is 1. The summed E-state index contributed by atoms with van der Waals surface area (Å²) in [5, 5.41) is 4.64. The van der Waals surface area contributed by atoms with Crippen LogP contribution in [-0.2, 0) is 0 Å². The van der Waals surface area contributed by atoms with E-state index in [4.69, 9.17) is 5.73 Å². The zero-order valence-corrected chi connectivity index (χ0v) is 10.6. The zero-order chi connectivity index (χ0) is 13.1. The molecule has 0 fully saturated rings. The summed E-state index contributed by atoms with van der Waals surface area (Å²) < 4.78 is 0. The highest BCUT2D eigenvalue weighted by Crippen LogP contribution is 2.19. The lowest BCUT2D eigenvalue weighted by atomic mass is 10.1. The SMILES string of the molecule is CC(C)CNC(=O)c1cc2ccccc2c(N)n1. The minimum Gasteiger partial charge on any atom is -0.383 e. The third kappa shape index (κ3) is 2.59. The van der Waals surface area contributed by atoms with Crippen LogP contribution in [0.2, 0.25) is 0 Å². The first-order chi connectivity index (χ1) is 8.58. The molecule has 1 aromatic carbocycles. The summed E-state index contributed by atoms with van der Waals surface area (Å²) in [6, 6.07) is 9.40. The molecule has 1 amide bonds. The maximum absolute atomic E-state index is 11.9. The van der Waals surface area contributed by atoms with Gasteiger partial charge in [0, 0.05) is 11.9 Å². The van der Waals surface area contributed by atoms with Gasteiger partial charge < -0.3 is 11.1 Å². The smallest absolute Gasteiger partial charge is 0.270 e.